The van der Waals surface area contributed by atoms with E-state index in [1.165, 1.54) is 30.3 Å². The monoisotopic (exact) mass is 376 g/mol. The number of amides is 2. The van der Waals surface area contributed by atoms with Crippen molar-refractivity contribution in [3.05, 3.63) is 59.7 Å². The largest absolute Gasteiger partial charge is 0.462 e. The molecular formula is C18H20N2O5S. The summed E-state index contributed by atoms with van der Waals surface area (Å²) in [6, 6.07) is 11.4. The van der Waals surface area contributed by atoms with Gasteiger partial charge in [-0.25, -0.2) is 22.7 Å². The third kappa shape index (κ3) is 5.06. The highest BCUT2D eigenvalue weighted by atomic mass is 32.2. The number of benzene rings is 2. The van der Waals surface area contributed by atoms with E-state index in [4.69, 9.17) is 4.74 Å². The SMILES string of the molecule is CCCOC(=O)c1ccc(NC(=O)NS(=O)(=O)c2ccccc2C)cc1. The van der Waals surface area contributed by atoms with E-state index in [1.807, 2.05) is 11.6 Å². The summed E-state index contributed by atoms with van der Waals surface area (Å²) in [6.45, 7) is 3.87. The Labute approximate surface area is 152 Å². The molecule has 0 aliphatic heterocycles. The quantitative estimate of drug-likeness (QED) is 0.755. The third-order valence-corrected chi connectivity index (χ3v) is 4.92. The van der Waals surface area contributed by atoms with E-state index in [0.29, 0.717) is 23.4 Å². The van der Waals surface area contributed by atoms with Crippen LogP contribution in [0.5, 0.6) is 0 Å². The van der Waals surface area contributed by atoms with E-state index in [1.54, 1.807) is 25.1 Å². The summed E-state index contributed by atoms with van der Waals surface area (Å²) in [5.74, 6) is -0.454. The van der Waals surface area contributed by atoms with Gasteiger partial charge in [0.1, 0.15) is 0 Å². The average molecular weight is 376 g/mol. The number of ether oxygens (including phenoxy) is 1. The lowest BCUT2D eigenvalue weighted by Crippen LogP contribution is -2.34. The molecule has 0 aliphatic carbocycles. The van der Waals surface area contributed by atoms with Gasteiger partial charge in [-0.3, -0.25) is 0 Å². The zero-order valence-corrected chi connectivity index (χ0v) is 15.3. The maximum atomic E-state index is 12.3. The summed E-state index contributed by atoms with van der Waals surface area (Å²) in [4.78, 5) is 23.7. The van der Waals surface area contributed by atoms with Gasteiger partial charge in [-0.1, -0.05) is 25.1 Å². The van der Waals surface area contributed by atoms with E-state index < -0.39 is 22.0 Å². The van der Waals surface area contributed by atoms with Crippen molar-refractivity contribution in [1.82, 2.24) is 4.72 Å². The van der Waals surface area contributed by atoms with Gasteiger partial charge < -0.3 is 10.1 Å². The van der Waals surface area contributed by atoms with Crippen LogP contribution in [0.4, 0.5) is 10.5 Å². The molecule has 2 N–H and O–H groups in total. The van der Waals surface area contributed by atoms with Crippen LogP contribution in [0.2, 0.25) is 0 Å². The Morgan fingerprint density at radius 2 is 1.69 bits per heavy atom. The number of carbonyl (C=O) groups is 2. The van der Waals surface area contributed by atoms with Gasteiger partial charge in [0.15, 0.2) is 0 Å². The highest BCUT2D eigenvalue weighted by molar-refractivity contribution is 7.90. The maximum Gasteiger partial charge on any atom is 0.338 e. The topological polar surface area (TPSA) is 102 Å². The van der Waals surface area contributed by atoms with Crippen molar-refractivity contribution in [3.63, 3.8) is 0 Å². The first-order valence-corrected chi connectivity index (χ1v) is 9.48. The molecule has 0 bridgehead atoms. The molecule has 0 fully saturated rings. The zero-order valence-electron chi connectivity index (χ0n) is 14.5. The summed E-state index contributed by atoms with van der Waals surface area (Å²) in [5, 5.41) is 2.42. The molecule has 0 atom stereocenters. The molecule has 2 aromatic carbocycles. The standard InChI is InChI=1S/C18H20N2O5S/c1-3-12-25-17(21)14-8-10-15(11-9-14)19-18(22)20-26(23,24)16-7-5-4-6-13(16)2/h4-11H,3,12H2,1-2H3,(H2,19,20,22). The van der Waals surface area contributed by atoms with Crippen molar-refractivity contribution >= 4 is 27.7 Å². The van der Waals surface area contributed by atoms with Gasteiger partial charge in [-0.15, -0.1) is 0 Å². The van der Waals surface area contributed by atoms with Crippen LogP contribution in [0.1, 0.15) is 29.3 Å². The number of aryl methyl sites for hydroxylation is 1. The van der Waals surface area contributed by atoms with Crippen molar-refractivity contribution in [2.75, 3.05) is 11.9 Å². The number of sulfonamides is 1. The van der Waals surface area contributed by atoms with Gasteiger partial charge in [0.25, 0.3) is 10.0 Å². The van der Waals surface area contributed by atoms with Crippen molar-refractivity contribution in [1.29, 1.82) is 0 Å². The molecule has 0 saturated heterocycles. The minimum atomic E-state index is -3.98. The second kappa shape index (κ2) is 8.48. The number of nitrogens with one attached hydrogen (secondary N) is 2. The van der Waals surface area contributed by atoms with E-state index in [0.717, 1.165) is 6.42 Å². The fourth-order valence-corrected chi connectivity index (χ4v) is 3.31. The van der Waals surface area contributed by atoms with Crippen LogP contribution in [-0.4, -0.2) is 27.0 Å². The van der Waals surface area contributed by atoms with Crippen LogP contribution in [0.15, 0.2) is 53.4 Å². The molecule has 8 heteroatoms. The van der Waals surface area contributed by atoms with E-state index in [2.05, 4.69) is 5.32 Å². The predicted octanol–water partition coefficient (Wildman–Crippen LogP) is 3.07. The summed E-state index contributed by atoms with van der Waals surface area (Å²) in [5.41, 5.74) is 1.22. The van der Waals surface area contributed by atoms with Gasteiger partial charge in [0, 0.05) is 5.69 Å². The number of esters is 1. The Kier molecular flexibility index (Phi) is 6.35. The molecule has 7 nitrogen and oxygen atoms in total. The molecular weight excluding hydrogens is 356 g/mol. The number of rotatable bonds is 6. The van der Waals surface area contributed by atoms with Gasteiger partial charge in [0.2, 0.25) is 0 Å². The lowest BCUT2D eigenvalue weighted by atomic mass is 10.2. The van der Waals surface area contributed by atoms with Gasteiger partial charge in [-0.2, -0.15) is 0 Å². The summed E-state index contributed by atoms with van der Waals surface area (Å²) in [7, 11) is -3.98. The molecule has 0 radical (unpaired) electrons. The number of hydrogen-bond acceptors (Lipinski definition) is 5. The lowest BCUT2D eigenvalue weighted by Gasteiger charge is -2.10. The molecule has 0 aromatic heterocycles. The molecule has 0 saturated carbocycles. The number of urea groups is 1. The number of hydrogen-bond donors (Lipinski definition) is 2. The minimum Gasteiger partial charge on any atom is -0.462 e. The van der Waals surface area contributed by atoms with Gasteiger partial charge in [0.05, 0.1) is 17.1 Å². The van der Waals surface area contributed by atoms with Crippen LogP contribution in [0.25, 0.3) is 0 Å². The van der Waals surface area contributed by atoms with Crippen LogP contribution >= 0.6 is 0 Å². The number of carbonyl (C=O) groups excluding carboxylic acids is 2. The Morgan fingerprint density at radius 1 is 1.04 bits per heavy atom. The molecule has 138 valence electrons. The summed E-state index contributed by atoms with van der Waals surface area (Å²) in [6.07, 6.45) is 0.723. The van der Waals surface area contributed by atoms with Crippen molar-refractivity contribution in [3.8, 4) is 0 Å². The van der Waals surface area contributed by atoms with Crippen LogP contribution < -0.4 is 10.0 Å². The average Bonchev–Trinajstić information content (AvgIpc) is 2.60. The molecule has 26 heavy (non-hydrogen) atoms. The first kappa shape index (κ1) is 19.5. The lowest BCUT2D eigenvalue weighted by molar-refractivity contribution is 0.0505. The van der Waals surface area contributed by atoms with Crippen molar-refractivity contribution in [2.45, 2.75) is 25.2 Å². The Morgan fingerprint density at radius 3 is 2.31 bits per heavy atom. The Bertz CT molecular complexity index is 892. The highest BCUT2D eigenvalue weighted by Crippen LogP contribution is 2.15. The van der Waals surface area contributed by atoms with Gasteiger partial charge in [-0.05, 0) is 49.2 Å². The first-order valence-electron chi connectivity index (χ1n) is 8.00. The second-order valence-electron chi connectivity index (χ2n) is 5.54. The third-order valence-electron chi connectivity index (χ3n) is 3.43. The Hall–Kier alpha value is -2.87. The maximum absolute atomic E-state index is 12.3. The molecule has 2 rings (SSSR count). The first-order chi connectivity index (χ1) is 12.3. The summed E-state index contributed by atoms with van der Waals surface area (Å²) >= 11 is 0. The molecule has 0 unspecified atom stereocenters. The highest BCUT2D eigenvalue weighted by Gasteiger charge is 2.19. The predicted molar refractivity (Wildman–Crippen MR) is 97.5 cm³/mol. The van der Waals surface area contributed by atoms with Crippen molar-refractivity contribution in [2.24, 2.45) is 0 Å². The molecule has 2 aromatic rings. The minimum absolute atomic E-state index is 0.0316. The molecule has 2 amide bonds. The van der Waals surface area contributed by atoms with E-state index in [-0.39, 0.29) is 4.90 Å². The smallest absolute Gasteiger partial charge is 0.338 e. The molecule has 0 aliphatic rings. The molecule has 0 spiro atoms. The van der Waals surface area contributed by atoms with Gasteiger partial charge >= 0.3 is 12.0 Å². The number of anilines is 1. The van der Waals surface area contributed by atoms with E-state index in [9.17, 15) is 18.0 Å². The summed E-state index contributed by atoms with van der Waals surface area (Å²) < 4.78 is 31.5. The Balaban J connectivity index is 2.02. The fourth-order valence-electron chi connectivity index (χ4n) is 2.16. The zero-order chi connectivity index (χ0) is 19.2. The fraction of sp³-hybridized carbons (Fsp3) is 0.222. The van der Waals surface area contributed by atoms with Crippen LogP contribution in [-0.2, 0) is 14.8 Å². The van der Waals surface area contributed by atoms with E-state index >= 15 is 0 Å². The molecule has 0 heterocycles. The van der Waals surface area contributed by atoms with Crippen molar-refractivity contribution < 1.29 is 22.7 Å². The normalized spacial score (nSPS) is 10.8. The second-order valence-corrected chi connectivity index (χ2v) is 7.19. The van der Waals surface area contributed by atoms with Crippen LogP contribution in [0.3, 0.4) is 0 Å². The van der Waals surface area contributed by atoms with Crippen LogP contribution in [0, 0.1) is 6.92 Å².